The van der Waals surface area contributed by atoms with Crippen molar-refractivity contribution in [3.63, 3.8) is 0 Å². The quantitative estimate of drug-likeness (QED) is 0.604. The fraction of sp³-hybridized carbons (Fsp3) is 0.350. The summed E-state index contributed by atoms with van der Waals surface area (Å²) >= 11 is 3.48. The lowest BCUT2D eigenvalue weighted by Gasteiger charge is -2.36. The van der Waals surface area contributed by atoms with E-state index in [0.717, 1.165) is 31.6 Å². The number of amides is 1. The maximum Gasteiger partial charge on any atom is 0.244 e. The van der Waals surface area contributed by atoms with Crippen LogP contribution in [0, 0.1) is 0 Å². The predicted molar refractivity (Wildman–Crippen MR) is 106 cm³/mol. The highest BCUT2D eigenvalue weighted by Gasteiger charge is 2.35. The standard InChI is InChI=1S/C20H23NO2S2/c1-24-17-7-4-16(5-8-17)6-9-19(22)21-15-20(10-12-23-13-11-20)18-3-2-14-25-18/h2-9,14H,10-13,15H2,1H3,(H,21,22)/b9-6+. The lowest BCUT2D eigenvalue weighted by Crippen LogP contribution is -2.43. The maximum absolute atomic E-state index is 12.3. The van der Waals surface area contributed by atoms with Crippen molar-refractivity contribution in [2.24, 2.45) is 0 Å². The number of carbonyl (C=O) groups excluding carboxylic acids is 1. The number of rotatable bonds is 6. The van der Waals surface area contributed by atoms with Crippen molar-refractivity contribution < 1.29 is 9.53 Å². The molecule has 0 unspecified atom stereocenters. The van der Waals surface area contributed by atoms with Gasteiger partial charge in [-0.05, 0) is 54.3 Å². The van der Waals surface area contributed by atoms with E-state index in [2.05, 4.69) is 41.2 Å². The molecule has 0 spiro atoms. The highest BCUT2D eigenvalue weighted by molar-refractivity contribution is 7.98. The fourth-order valence-corrected chi connectivity index (χ4v) is 4.45. The minimum atomic E-state index is -0.0450. The summed E-state index contributed by atoms with van der Waals surface area (Å²) in [7, 11) is 0. The van der Waals surface area contributed by atoms with Gasteiger partial charge in [0.05, 0.1) is 0 Å². The molecule has 132 valence electrons. The number of thiophene rings is 1. The molecule has 2 aromatic rings. The normalized spacial score (nSPS) is 16.8. The van der Waals surface area contributed by atoms with E-state index in [4.69, 9.17) is 4.74 Å². The van der Waals surface area contributed by atoms with E-state index in [1.54, 1.807) is 29.2 Å². The van der Waals surface area contributed by atoms with E-state index < -0.39 is 0 Å². The van der Waals surface area contributed by atoms with E-state index in [0.29, 0.717) is 6.54 Å². The number of ether oxygens (including phenoxy) is 1. The van der Waals surface area contributed by atoms with Gasteiger partial charge in [0.25, 0.3) is 0 Å². The van der Waals surface area contributed by atoms with Crippen LogP contribution in [0.25, 0.3) is 6.08 Å². The predicted octanol–water partition coefficient (Wildman–Crippen LogP) is 4.35. The third-order valence-corrected chi connectivity index (χ3v) is 6.50. The van der Waals surface area contributed by atoms with Crippen LogP contribution in [0.5, 0.6) is 0 Å². The molecule has 0 radical (unpaired) electrons. The van der Waals surface area contributed by atoms with E-state index >= 15 is 0 Å². The van der Waals surface area contributed by atoms with Gasteiger partial charge in [-0.2, -0.15) is 0 Å². The second-order valence-electron chi connectivity index (χ2n) is 6.19. The third-order valence-electron chi connectivity index (χ3n) is 4.64. The van der Waals surface area contributed by atoms with E-state index in [-0.39, 0.29) is 11.3 Å². The minimum Gasteiger partial charge on any atom is -0.381 e. The van der Waals surface area contributed by atoms with Crippen molar-refractivity contribution in [3.8, 4) is 0 Å². The van der Waals surface area contributed by atoms with Gasteiger partial charge in [0.1, 0.15) is 0 Å². The molecule has 1 aromatic carbocycles. The summed E-state index contributed by atoms with van der Waals surface area (Å²) in [6, 6.07) is 12.4. The molecule has 0 saturated carbocycles. The zero-order chi connectivity index (χ0) is 17.5. The smallest absolute Gasteiger partial charge is 0.244 e. The van der Waals surface area contributed by atoms with Gasteiger partial charge in [0.2, 0.25) is 5.91 Å². The number of carbonyl (C=O) groups is 1. The van der Waals surface area contributed by atoms with Crippen molar-refractivity contribution >= 4 is 35.1 Å². The number of hydrogen-bond donors (Lipinski definition) is 1. The van der Waals surface area contributed by atoms with Crippen LogP contribution in [0.1, 0.15) is 23.3 Å². The number of benzene rings is 1. The second kappa shape index (κ2) is 8.70. The van der Waals surface area contributed by atoms with Crippen LogP contribution >= 0.6 is 23.1 Å². The van der Waals surface area contributed by atoms with Crippen molar-refractivity contribution in [1.29, 1.82) is 0 Å². The maximum atomic E-state index is 12.3. The summed E-state index contributed by atoms with van der Waals surface area (Å²) in [5, 5.41) is 5.20. The average molecular weight is 374 g/mol. The van der Waals surface area contributed by atoms with Crippen molar-refractivity contribution in [2.45, 2.75) is 23.2 Å². The first-order chi connectivity index (χ1) is 12.2. The Morgan fingerprint density at radius 3 is 2.68 bits per heavy atom. The summed E-state index contributed by atoms with van der Waals surface area (Å²) in [5.74, 6) is -0.0450. The van der Waals surface area contributed by atoms with Gasteiger partial charge in [-0.25, -0.2) is 0 Å². The molecule has 0 aliphatic carbocycles. The summed E-state index contributed by atoms with van der Waals surface area (Å²) in [6.07, 6.45) is 7.44. The Hall–Kier alpha value is -1.56. The minimum absolute atomic E-state index is 0.00984. The largest absolute Gasteiger partial charge is 0.381 e. The molecule has 0 bridgehead atoms. The van der Waals surface area contributed by atoms with Crippen LogP contribution in [0.4, 0.5) is 0 Å². The van der Waals surface area contributed by atoms with Crippen LogP contribution in [-0.2, 0) is 14.9 Å². The Bertz CT molecular complexity index is 702. The molecule has 0 atom stereocenters. The van der Waals surface area contributed by atoms with E-state index in [1.807, 2.05) is 18.2 Å². The first kappa shape index (κ1) is 18.2. The topological polar surface area (TPSA) is 38.3 Å². The van der Waals surface area contributed by atoms with Crippen LogP contribution in [0.15, 0.2) is 52.7 Å². The highest BCUT2D eigenvalue weighted by Crippen LogP contribution is 2.36. The second-order valence-corrected chi connectivity index (χ2v) is 8.02. The number of hydrogen-bond acceptors (Lipinski definition) is 4. The average Bonchev–Trinajstić information content (AvgIpc) is 3.21. The monoisotopic (exact) mass is 373 g/mol. The summed E-state index contributed by atoms with van der Waals surface area (Å²) in [4.78, 5) is 14.8. The molecule has 1 aromatic heterocycles. The first-order valence-electron chi connectivity index (χ1n) is 8.44. The third kappa shape index (κ3) is 4.75. The molecule has 3 rings (SSSR count). The molecule has 1 aliphatic heterocycles. The van der Waals surface area contributed by atoms with Gasteiger partial charge in [-0.1, -0.05) is 18.2 Å². The van der Waals surface area contributed by atoms with Crippen molar-refractivity contribution in [2.75, 3.05) is 26.0 Å². The Balaban J connectivity index is 1.60. The number of nitrogens with one attached hydrogen (secondary N) is 1. The molecule has 1 fully saturated rings. The zero-order valence-electron chi connectivity index (χ0n) is 14.4. The van der Waals surface area contributed by atoms with Crippen LogP contribution < -0.4 is 5.32 Å². The lowest BCUT2D eigenvalue weighted by molar-refractivity contribution is -0.116. The molecular formula is C20H23NO2S2. The fourth-order valence-electron chi connectivity index (χ4n) is 3.05. The van der Waals surface area contributed by atoms with E-state index in [9.17, 15) is 4.79 Å². The van der Waals surface area contributed by atoms with Gasteiger partial charge in [-0.3, -0.25) is 4.79 Å². The van der Waals surface area contributed by atoms with Crippen molar-refractivity contribution in [3.05, 3.63) is 58.3 Å². The summed E-state index contributed by atoms with van der Waals surface area (Å²) < 4.78 is 5.53. The zero-order valence-corrected chi connectivity index (χ0v) is 16.0. The van der Waals surface area contributed by atoms with Gasteiger partial charge in [0, 0.05) is 41.0 Å². The Morgan fingerprint density at radius 2 is 2.04 bits per heavy atom. The molecule has 1 aliphatic rings. The molecule has 25 heavy (non-hydrogen) atoms. The van der Waals surface area contributed by atoms with Gasteiger partial charge in [-0.15, -0.1) is 23.1 Å². The molecular weight excluding hydrogens is 350 g/mol. The van der Waals surface area contributed by atoms with Crippen LogP contribution in [-0.4, -0.2) is 31.9 Å². The first-order valence-corrected chi connectivity index (χ1v) is 10.5. The molecule has 2 heterocycles. The lowest BCUT2D eigenvalue weighted by atomic mass is 9.78. The molecule has 1 N–H and O–H groups in total. The SMILES string of the molecule is CSc1ccc(/C=C/C(=O)NCC2(c3cccs3)CCOCC2)cc1. The van der Waals surface area contributed by atoms with Gasteiger partial charge < -0.3 is 10.1 Å². The molecule has 3 nitrogen and oxygen atoms in total. The molecule has 5 heteroatoms. The molecule has 1 amide bonds. The molecule has 1 saturated heterocycles. The highest BCUT2D eigenvalue weighted by atomic mass is 32.2. The van der Waals surface area contributed by atoms with Gasteiger partial charge >= 0.3 is 0 Å². The Kier molecular flexibility index (Phi) is 6.34. The Labute approximate surface area is 157 Å². The van der Waals surface area contributed by atoms with Crippen LogP contribution in [0.2, 0.25) is 0 Å². The Morgan fingerprint density at radius 1 is 1.28 bits per heavy atom. The summed E-state index contributed by atoms with van der Waals surface area (Å²) in [6.45, 7) is 2.17. The summed E-state index contributed by atoms with van der Waals surface area (Å²) in [5.41, 5.74) is 1.04. The van der Waals surface area contributed by atoms with Crippen molar-refractivity contribution in [1.82, 2.24) is 5.32 Å². The number of thioether (sulfide) groups is 1. The van der Waals surface area contributed by atoms with Gasteiger partial charge in [0.15, 0.2) is 0 Å². The van der Waals surface area contributed by atoms with E-state index in [1.165, 1.54) is 9.77 Å². The van der Waals surface area contributed by atoms with Crippen LogP contribution in [0.3, 0.4) is 0 Å².